The van der Waals surface area contributed by atoms with Crippen LogP contribution in [0.15, 0.2) is 77.2 Å². The van der Waals surface area contributed by atoms with Crippen molar-refractivity contribution in [3.05, 3.63) is 94.0 Å². The molecule has 1 heterocycles. The maximum absolute atomic E-state index is 13.1. The quantitative estimate of drug-likeness (QED) is 0.309. The van der Waals surface area contributed by atoms with Gasteiger partial charge in [0.25, 0.3) is 11.8 Å². The summed E-state index contributed by atoms with van der Waals surface area (Å²) >= 11 is 6.03. The van der Waals surface area contributed by atoms with E-state index in [1.807, 2.05) is 6.92 Å². The molecule has 4 rings (SSSR count). The summed E-state index contributed by atoms with van der Waals surface area (Å²) in [4.78, 5) is 38.8. The van der Waals surface area contributed by atoms with Crippen LogP contribution in [-0.4, -0.2) is 26.3 Å². The van der Waals surface area contributed by atoms with Gasteiger partial charge in [-0.15, -0.1) is 0 Å². The van der Waals surface area contributed by atoms with Crippen molar-refractivity contribution >= 4 is 51.3 Å². The number of benzene rings is 3. The van der Waals surface area contributed by atoms with Gasteiger partial charge < -0.3 is 4.18 Å². The Hall–Kier alpha value is -3.95. The fraction of sp³-hybridized carbons (Fsp3) is 0.0800. The Morgan fingerprint density at radius 1 is 0.914 bits per heavy atom. The first-order valence-corrected chi connectivity index (χ1v) is 12.1. The molecule has 0 saturated carbocycles. The van der Waals surface area contributed by atoms with E-state index in [9.17, 15) is 22.8 Å². The molecule has 3 aromatic rings. The standard InChI is InChI=1S/C25H19ClN2O6S/c1-15-3-11-20(12-4-15)35(32,33)34-19-9-6-17(7-10-19)13-21-23(29)27-25(31)28(24(21)30)22-14-18(26)8-5-16(22)2/h3-14H,1-2H3,(H,27,29,31)/b21-13+. The molecule has 178 valence electrons. The van der Waals surface area contributed by atoms with Gasteiger partial charge in [0, 0.05) is 5.02 Å². The predicted octanol–water partition coefficient (Wildman–Crippen LogP) is 4.39. The van der Waals surface area contributed by atoms with Crippen LogP contribution in [0.4, 0.5) is 10.5 Å². The van der Waals surface area contributed by atoms with Gasteiger partial charge in [0.15, 0.2) is 0 Å². The van der Waals surface area contributed by atoms with Gasteiger partial charge in [0.1, 0.15) is 16.2 Å². The molecule has 1 aliphatic heterocycles. The number of anilines is 1. The summed E-state index contributed by atoms with van der Waals surface area (Å²) in [5.41, 5.74) is 1.92. The Morgan fingerprint density at radius 2 is 1.57 bits per heavy atom. The van der Waals surface area contributed by atoms with Crippen LogP contribution in [0.25, 0.3) is 6.08 Å². The smallest absolute Gasteiger partial charge is 0.339 e. The molecule has 1 saturated heterocycles. The number of halogens is 1. The Bertz CT molecular complexity index is 1480. The third-order valence-corrected chi connectivity index (χ3v) is 6.72. The van der Waals surface area contributed by atoms with Gasteiger partial charge in [0.05, 0.1) is 5.69 Å². The molecule has 8 nitrogen and oxygen atoms in total. The van der Waals surface area contributed by atoms with Crippen LogP contribution in [0.5, 0.6) is 5.75 Å². The molecule has 35 heavy (non-hydrogen) atoms. The van der Waals surface area contributed by atoms with Crippen molar-refractivity contribution in [1.29, 1.82) is 0 Å². The molecule has 4 amide bonds. The van der Waals surface area contributed by atoms with Crippen LogP contribution in [0.3, 0.4) is 0 Å². The Kier molecular flexibility index (Phi) is 6.47. The van der Waals surface area contributed by atoms with Gasteiger partial charge in [-0.2, -0.15) is 8.42 Å². The third kappa shape index (κ3) is 5.11. The van der Waals surface area contributed by atoms with E-state index in [1.165, 1.54) is 48.5 Å². The minimum Gasteiger partial charge on any atom is -0.379 e. The van der Waals surface area contributed by atoms with Gasteiger partial charge in [-0.3, -0.25) is 14.9 Å². The number of hydrogen-bond donors (Lipinski definition) is 1. The van der Waals surface area contributed by atoms with E-state index in [2.05, 4.69) is 5.32 Å². The molecule has 1 aliphatic rings. The number of nitrogens with one attached hydrogen (secondary N) is 1. The van der Waals surface area contributed by atoms with Crippen LogP contribution in [0.2, 0.25) is 5.02 Å². The molecule has 0 aromatic heterocycles. The number of nitrogens with zero attached hydrogens (tertiary/aromatic N) is 1. The Labute approximate surface area is 206 Å². The first-order chi connectivity index (χ1) is 16.5. The summed E-state index contributed by atoms with van der Waals surface area (Å²) in [6.07, 6.45) is 1.30. The summed E-state index contributed by atoms with van der Waals surface area (Å²) in [5.74, 6) is -1.61. The van der Waals surface area contributed by atoms with Crippen LogP contribution < -0.4 is 14.4 Å². The molecular formula is C25H19ClN2O6S. The fourth-order valence-corrected chi connectivity index (χ4v) is 4.46. The van der Waals surface area contributed by atoms with Crippen molar-refractivity contribution in [1.82, 2.24) is 5.32 Å². The summed E-state index contributed by atoms with van der Waals surface area (Å²) in [7, 11) is -4.03. The number of carbonyl (C=O) groups excluding carboxylic acids is 3. The maximum atomic E-state index is 13.1. The van der Waals surface area contributed by atoms with E-state index in [4.69, 9.17) is 15.8 Å². The molecule has 3 aromatic carbocycles. The fourth-order valence-electron chi connectivity index (χ4n) is 3.37. The van der Waals surface area contributed by atoms with E-state index in [-0.39, 0.29) is 21.9 Å². The van der Waals surface area contributed by atoms with Crippen molar-refractivity contribution in [2.45, 2.75) is 18.7 Å². The molecule has 0 unspecified atom stereocenters. The minimum atomic E-state index is -4.03. The maximum Gasteiger partial charge on any atom is 0.339 e. The SMILES string of the molecule is Cc1ccc(S(=O)(=O)Oc2ccc(/C=C3\C(=O)NC(=O)N(c4cc(Cl)ccc4C)C3=O)cc2)cc1. The lowest BCUT2D eigenvalue weighted by Gasteiger charge is -2.27. The summed E-state index contributed by atoms with van der Waals surface area (Å²) in [5, 5.41) is 2.48. The average Bonchev–Trinajstić information content (AvgIpc) is 2.80. The molecule has 0 atom stereocenters. The van der Waals surface area contributed by atoms with Crippen LogP contribution in [-0.2, 0) is 19.7 Å². The van der Waals surface area contributed by atoms with E-state index >= 15 is 0 Å². The first-order valence-electron chi connectivity index (χ1n) is 10.3. The zero-order valence-corrected chi connectivity index (χ0v) is 20.2. The van der Waals surface area contributed by atoms with Crippen molar-refractivity contribution in [3.8, 4) is 5.75 Å². The van der Waals surface area contributed by atoms with Crippen molar-refractivity contribution in [2.24, 2.45) is 0 Å². The highest BCUT2D eigenvalue weighted by atomic mass is 35.5. The minimum absolute atomic E-state index is 0.0137. The van der Waals surface area contributed by atoms with E-state index in [1.54, 1.807) is 31.2 Å². The largest absolute Gasteiger partial charge is 0.379 e. The Morgan fingerprint density at radius 3 is 2.23 bits per heavy atom. The van der Waals surface area contributed by atoms with Crippen molar-refractivity contribution in [2.75, 3.05) is 4.90 Å². The van der Waals surface area contributed by atoms with Crippen molar-refractivity contribution in [3.63, 3.8) is 0 Å². The second kappa shape index (κ2) is 9.36. The number of imide groups is 2. The zero-order valence-electron chi connectivity index (χ0n) is 18.6. The summed E-state index contributed by atoms with van der Waals surface area (Å²) < 4.78 is 30.1. The van der Waals surface area contributed by atoms with Crippen molar-refractivity contribution < 1.29 is 27.0 Å². The van der Waals surface area contributed by atoms with Gasteiger partial charge >= 0.3 is 16.1 Å². The van der Waals surface area contributed by atoms with Crippen LogP contribution in [0, 0.1) is 13.8 Å². The van der Waals surface area contributed by atoms with Gasteiger partial charge in [-0.05, 0) is 67.4 Å². The second-order valence-electron chi connectivity index (χ2n) is 7.81. The lowest BCUT2D eigenvalue weighted by molar-refractivity contribution is -0.122. The van der Waals surface area contributed by atoms with Gasteiger partial charge in [-0.25, -0.2) is 9.69 Å². The molecule has 0 bridgehead atoms. The average molecular weight is 511 g/mol. The Balaban J connectivity index is 1.59. The third-order valence-electron chi connectivity index (χ3n) is 5.22. The van der Waals surface area contributed by atoms with E-state index < -0.39 is 28.0 Å². The highest BCUT2D eigenvalue weighted by Crippen LogP contribution is 2.28. The predicted molar refractivity (Wildman–Crippen MR) is 131 cm³/mol. The van der Waals surface area contributed by atoms with E-state index in [0.29, 0.717) is 16.1 Å². The lowest BCUT2D eigenvalue weighted by Crippen LogP contribution is -2.54. The number of urea groups is 1. The summed E-state index contributed by atoms with van der Waals surface area (Å²) in [6, 6.07) is 15.8. The van der Waals surface area contributed by atoms with Crippen LogP contribution >= 0.6 is 11.6 Å². The number of amides is 4. The molecule has 10 heteroatoms. The number of rotatable bonds is 5. The number of aryl methyl sites for hydroxylation is 2. The molecular weight excluding hydrogens is 492 g/mol. The number of hydrogen-bond acceptors (Lipinski definition) is 6. The molecule has 0 spiro atoms. The second-order valence-corrected chi connectivity index (χ2v) is 9.79. The monoisotopic (exact) mass is 510 g/mol. The number of barbiturate groups is 1. The molecule has 1 fully saturated rings. The lowest BCUT2D eigenvalue weighted by atomic mass is 10.1. The zero-order chi connectivity index (χ0) is 25.3. The highest BCUT2D eigenvalue weighted by Gasteiger charge is 2.37. The highest BCUT2D eigenvalue weighted by molar-refractivity contribution is 7.87. The molecule has 1 N–H and O–H groups in total. The molecule has 0 aliphatic carbocycles. The normalized spacial score (nSPS) is 15.3. The van der Waals surface area contributed by atoms with E-state index in [0.717, 1.165) is 10.5 Å². The van der Waals surface area contributed by atoms with Gasteiger partial charge in [0.2, 0.25) is 0 Å². The topological polar surface area (TPSA) is 110 Å². The number of carbonyl (C=O) groups is 3. The summed E-state index contributed by atoms with van der Waals surface area (Å²) in [6.45, 7) is 3.54. The first kappa shape index (κ1) is 24.2. The van der Waals surface area contributed by atoms with Gasteiger partial charge in [-0.1, -0.05) is 47.5 Å². The van der Waals surface area contributed by atoms with Crippen LogP contribution in [0.1, 0.15) is 16.7 Å². The molecule has 0 radical (unpaired) electrons.